The summed E-state index contributed by atoms with van der Waals surface area (Å²) in [7, 11) is 0. The van der Waals surface area contributed by atoms with E-state index in [1.807, 2.05) is 19.3 Å². The molecule has 0 fully saturated rings. The molecule has 0 radical (unpaired) electrons. The van der Waals surface area contributed by atoms with E-state index < -0.39 is 0 Å². The molecule has 118 valence electrons. The van der Waals surface area contributed by atoms with E-state index in [4.69, 9.17) is 11.6 Å². The molecule has 0 unspecified atom stereocenters. The zero-order chi connectivity index (χ0) is 16.1. The van der Waals surface area contributed by atoms with E-state index in [2.05, 4.69) is 58.1 Å². The molecule has 3 heteroatoms. The Morgan fingerprint density at radius 1 is 0.957 bits per heavy atom. The molecule has 3 aromatic rings. The second kappa shape index (κ2) is 7.47. The molecule has 23 heavy (non-hydrogen) atoms. The number of aryl methyl sites for hydroxylation is 5. The molecule has 1 aromatic heterocycles. The average Bonchev–Trinajstić information content (AvgIpc) is 2.98. The number of hydrogen-bond donors (Lipinski definition) is 0. The van der Waals surface area contributed by atoms with Gasteiger partial charge in [0.05, 0.1) is 0 Å². The summed E-state index contributed by atoms with van der Waals surface area (Å²) in [6.07, 6.45) is 6.84. The van der Waals surface area contributed by atoms with E-state index in [0.717, 1.165) is 36.7 Å². The van der Waals surface area contributed by atoms with Crippen LogP contribution in [0.2, 0.25) is 5.02 Å². The van der Waals surface area contributed by atoms with Crippen LogP contribution in [0.1, 0.15) is 22.5 Å². The van der Waals surface area contributed by atoms with Crippen molar-refractivity contribution in [3.8, 4) is 0 Å². The predicted molar refractivity (Wildman–Crippen MR) is 96.0 cm³/mol. The molecule has 0 bridgehead atoms. The van der Waals surface area contributed by atoms with Crippen LogP contribution in [-0.2, 0) is 25.8 Å². The van der Waals surface area contributed by atoms with Gasteiger partial charge in [-0.25, -0.2) is 4.98 Å². The number of imidazole rings is 1. The maximum Gasteiger partial charge on any atom is 0.105 e. The second-order valence-corrected chi connectivity index (χ2v) is 6.24. The SMILES string of the molecule is Cc1nccn1CCc1ccc(CCc2ccccc2)cc1Cl. The molecule has 0 atom stereocenters. The molecule has 0 N–H and O–H groups in total. The quantitative estimate of drug-likeness (QED) is 0.632. The maximum absolute atomic E-state index is 6.47. The van der Waals surface area contributed by atoms with Crippen molar-refractivity contribution in [2.24, 2.45) is 0 Å². The summed E-state index contributed by atoms with van der Waals surface area (Å²) in [6, 6.07) is 17.0. The van der Waals surface area contributed by atoms with Gasteiger partial charge >= 0.3 is 0 Å². The lowest BCUT2D eigenvalue weighted by Crippen LogP contribution is -2.03. The Morgan fingerprint density at radius 2 is 1.74 bits per heavy atom. The Kier molecular flexibility index (Phi) is 5.14. The van der Waals surface area contributed by atoms with Gasteiger partial charge in [-0.15, -0.1) is 0 Å². The Balaban J connectivity index is 1.60. The topological polar surface area (TPSA) is 17.8 Å². The molecule has 0 amide bonds. The normalized spacial score (nSPS) is 10.9. The van der Waals surface area contributed by atoms with Crippen molar-refractivity contribution < 1.29 is 0 Å². The zero-order valence-corrected chi connectivity index (χ0v) is 14.1. The number of halogens is 1. The summed E-state index contributed by atoms with van der Waals surface area (Å²) in [5.41, 5.74) is 3.85. The lowest BCUT2D eigenvalue weighted by molar-refractivity contribution is 0.673. The summed E-state index contributed by atoms with van der Waals surface area (Å²) in [5.74, 6) is 1.04. The lowest BCUT2D eigenvalue weighted by Gasteiger charge is -2.09. The summed E-state index contributed by atoms with van der Waals surface area (Å²) in [6.45, 7) is 2.93. The largest absolute Gasteiger partial charge is 0.335 e. The smallest absolute Gasteiger partial charge is 0.105 e. The van der Waals surface area contributed by atoms with E-state index >= 15 is 0 Å². The van der Waals surface area contributed by atoms with Crippen molar-refractivity contribution in [2.75, 3.05) is 0 Å². The van der Waals surface area contributed by atoms with E-state index in [1.165, 1.54) is 16.7 Å². The van der Waals surface area contributed by atoms with Crippen LogP contribution in [0.15, 0.2) is 60.9 Å². The Hall–Kier alpha value is -2.06. The number of rotatable bonds is 6. The molecule has 0 aliphatic rings. The predicted octanol–water partition coefficient (Wildman–Crippen LogP) is 4.87. The molecule has 0 aliphatic carbocycles. The molecule has 1 heterocycles. The molecule has 0 saturated carbocycles. The van der Waals surface area contributed by atoms with Gasteiger partial charge in [-0.1, -0.05) is 54.1 Å². The van der Waals surface area contributed by atoms with Crippen molar-refractivity contribution in [1.29, 1.82) is 0 Å². The fourth-order valence-corrected chi connectivity index (χ4v) is 3.06. The minimum Gasteiger partial charge on any atom is -0.335 e. The first-order valence-corrected chi connectivity index (χ1v) is 8.39. The third kappa shape index (κ3) is 4.23. The number of benzene rings is 2. The van der Waals surface area contributed by atoms with Gasteiger partial charge in [0.2, 0.25) is 0 Å². The van der Waals surface area contributed by atoms with Crippen LogP contribution >= 0.6 is 11.6 Å². The Morgan fingerprint density at radius 3 is 2.43 bits per heavy atom. The van der Waals surface area contributed by atoms with Crippen molar-refractivity contribution in [3.05, 3.63) is 88.5 Å². The molecule has 3 rings (SSSR count). The second-order valence-electron chi connectivity index (χ2n) is 5.83. The highest BCUT2D eigenvalue weighted by molar-refractivity contribution is 6.31. The first-order valence-electron chi connectivity index (χ1n) is 8.01. The van der Waals surface area contributed by atoms with Gasteiger partial charge in [0, 0.05) is 24.0 Å². The van der Waals surface area contributed by atoms with Gasteiger partial charge in [0.25, 0.3) is 0 Å². The molecule has 2 nitrogen and oxygen atoms in total. The Bertz CT molecular complexity index is 762. The first kappa shape index (κ1) is 15.8. The van der Waals surface area contributed by atoms with Gasteiger partial charge in [-0.05, 0) is 48.9 Å². The number of nitrogens with zero attached hydrogens (tertiary/aromatic N) is 2. The molecule has 0 spiro atoms. The van der Waals surface area contributed by atoms with Crippen LogP contribution in [-0.4, -0.2) is 9.55 Å². The van der Waals surface area contributed by atoms with Crippen LogP contribution < -0.4 is 0 Å². The monoisotopic (exact) mass is 324 g/mol. The van der Waals surface area contributed by atoms with Crippen molar-refractivity contribution in [1.82, 2.24) is 9.55 Å². The molecule has 0 saturated heterocycles. The van der Waals surface area contributed by atoms with Crippen molar-refractivity contribution >= 4 is 11.6 Å². The van der Waals surface area contributed by atoms with E-state index in [1.54, 1.807) is 0 Å². The first-order chi connectivity index (χ1) is 11.2. The maximum atomic E-state index is 6.47. The van der Waals surface area contributed by atoms with E-state index in [-0.39, 0.29) is 0 Å². The lowest BCUT2D eigenvalue weighted by atomic mass is 10.0. The van der Waals surface area contributed by atoms with E-state index in [9.17, 15) is 0 Å². The number of aromatic nitrogens is 2. The van der Waals surface area contributed by atoms with Gasteiger partial charge < -0.3 is 4.57 Å². The average molecular weight is 325 g/mol. The highest BCUT2D eigenvalue weighted by Crippen LogP contribution is 2.20. The standard InChI is InChI=1S/C20H21ClN2/c1-16-22-12-14-23(16)13-11-19-10-9-18(15-20(19)21)8-7-17-5-3-2-4-6-17/h2-6,9-10,12,14-15H,7-8,11,13H2,1H3. The minimum absolute atomic E-state index is 0.869. The van der Waals surface area contributed by atoms with Gasteiger partial charge in [-0.3, -0.25) is 0 Å². The third-order valence-electron chi connectivity index (χ3n) is 4.21. The van der Waals surface area contributed by atoms with Gasteiger partial charge in [-0.2, -0.15) is 0 Å². The Labute approximate surface area is 142 Å². The molecule has 2 aromatic carbocycles. The molecular weight excluding hydrogens is 304 g/mol. The fraction of sp³-hybridized carbons (Fsp3) is 0.250. The van der Waals surface area contributed by atoms with Crippen molar-refractivity contribution in [2.45, 2.75) is 32.7 Å². The number of hydrogen-bond acceptors (Lipinski definition) is 1. The summed E-state index contributed by atoms with van der Waals surface area (Å²) in [5, 5.41) is 0.869. The summed E-state index contributed by atoms with van der Waals surface area (Å²) in [4.78, 5) is 4.25. The molecular formula is C20H21ClN2. The van der Waals surface area contributed by atoms with Gasteiger partial charge in [0.1, 0.15) is 5.82 Å². The van der Waals surface area contributed by atoms with Gasteiger partial charge in [0.15, 0.2) is 0 Å². The van der Waals surface area contributed by atoms with Crippen LogP contribution in [0, 0.1) is 6.92 Å². The minimum atomic E-state index is 0.869. The highest BCUT2D eigenvalue weighted by atomic mass is 35.5. The van der Waals surface area contributed by atoms with E-state index in [0.29, 0.717) is 0 Å². The highest BCUT2D eigenvalue weighted by Gasteiger charge is 2.04. The third-order valence-corrected chi connectivity index (χ3v) is 4.56. The molecule has 0 aliphatic heterocycles. The van der Waals surface area contributed by atoms with Crippen LogP contribution in [0.5, 0.6) is 0 Å². The van der Waals surface area contributed by atoms with Crippen LogP contribution in [0.25, 0.3) is 0 Å². The zero-order valence-electron chi connectivity index (χ0n) is 13.4. The van der Waals surface area contributed by atoms with Crippen LogP contribution in [0.4, 0.5) is 0 Å². The summed E-state index contributed by atoms with van der Waals surface area (Å²) >= 11 is 6.47. The fourth-order valence-electron chi connectivity index (χ4n) is 2.76. The van der Waals surface area contributed by atoms with Crippen molar-refractivity contribution in [3.63, 3.8) is 0 Å². The summed E-state index contributed by atoms with van der Waals surface area (Å²) < 4.78 is 2.15. The van der Waals surface area contributed by atoms with Crippen LogP contribution in [0.3, 0.4) is 0 Å².